The van der Waals surface area contributed by atoms with E-state index >= 15 is 0 Å². The summed E-state index contributed by atoms with van der Waals surface area (Å²) >= 11 is 6.01. The molecule has 8 nitrogen and oxygen atoms in total. The van der Waals surface area contributed by atoms with Crippen molar-refractivity contribution in [1.82, 2.24) is 20.0 Å². The van der Waals surface area contributed by atoms with E-state index in [0.29, 0.717) is 56.7 Å². The summed E-state index contributed by atoms with van der Waals surface area (Å²) in [5, 5.41) is 27.4. The van der Waals surface area contributed by atoms with Gasteiger partial charge in [0.05, 0.1) is 5.02 Å². The first kappa shape index (κ1) is 19.6. The number of rotatable bonds is 2. The number of carbonyl (C=O) groups is 2. The van der Waals surface area contributed by atoms with Crippen LogP contribution in [-0.2, 0) is 22.6 Å². The average Bonchev–Trinajstić information content (AvgIpc) is 3.13. The van der Waals surface area contributed by atoms with E-state index in [1.165, 1.54) is 12.1 Å². The first-order valence-corrected chi connectivity index (χ1v) is 10.0. The van der Waals surface area contributed by atoms with Crippen molar-refractivity contribution >= 4 is 23.4 Å². The molecule has 0 saturated carbocycles. The monoisotopic (exact) mass is 418 g/mol. The number of nitrogens with zero attached hydrogens (tertiary/aromatic N) is 3. The maximum Gasteiger partial charge on any atom is 0.226 e. The van der Waals surface area contributed by atoms with Gasteiger partial charge in [0.25, 0.3) is 0 Å². The van der Waals surface area contributed by atoms with Crippen molar-refractivity contribution in [2.75, 3.05) is 19.6 Å². The number of halogens is 1. The van der Waals surface area contributed by atoms with Gasteiger partial charge in [-0.2, -0.15) is 5.10 Å². The molecule has 0 aliphatic carbocycles. The first-order valence-electron chi connectivity index (χ1n) is 9.67. The molecule has 0 atom stereocenters. The fourth-order valence-corrected chi connectivity index (χ4v) is 4.31. The zero-order valence-corrected chi connectivity index (χ0v) is 16.9. The minimum atomic E-state index is -0.203. The lowest BCUT2D eigenvalue weighted by atomic mass is 9.93. The van der Waals surface area contributed by atoms with Crippen molar-refractivity contribution in [3.05, 3.63) is 28.4 Å². The van der Waals surface area contributed by atoms with Gasteiger partial charge in [0, 0.05) is 68.3 Å². The lowest BCUT2D eigenvalue weighted by Gasteiger charge is -2.35. The number of aromatic nitrogens is 2. The molecule has 1 aromatic carbocycles. The lowest BCUT2D eigenvalue weighted by molar-refractivity contribution is -0.140. The van der Waals surface area contributed by atoms with Gasteiger partial charge in [0.2, 0.25) is 11.8 Å². The van der Waals surface area contributed by atoms with E-state index in [0.717, 1.165) is 11.3 Å². The van der Waals surface area contributed by atoms with Crippen LogP contribution < -0.4 is 0 Å². The van der Waals surface area contributed by atoms with Crippen LogP contribution >= 0.6 is 11.6 Å². The Morgan fingerprint density at radius 1 is 1.14 bits per heavy atom. The van der Waals surface area contributed by atoms with Crippen molar-refractivity contribution in [2.24, 2.45) is 5.92 Å². The van der Waals surface area contributed by atoms with E-state index in [-0.39, 0.29) is 34.3 Å². The second-order valence-corrected chi connectivity index (χ2v) is 8.05. The smallest absolute Gasteiger partial charge is 0.226 e. The number of benzene rings is 1. The van der Waals surface area contributed by atoms with Gasteiger partial charge in [-0.1, -0.05) is 11.6 Å². The number of carbonyl (C=O) groups excluding carboxylic acids is 2. The summed E-state index contributed by atoms with van der Waals surface area (Å²) in [6.07, 6.45) is 2.00. The Hall–Kier alpha value is -2.74. The fraction of sp³-hybridized carbons (Fsp3) is 0.450. The summed E-state index contributed by atoms with van der Waals surface area (Å²) in [6, 6.07) is 2.66. The van der Waals surface area contributed by atoms with E-state index in [1.807, 2.05) is 4.90 Å². The summed E-state index contributed by atoms with van der Waals surface area (Å²) in [7, 11) is 0. The quantitative estimate of drug-likeness (QED) is 0.693. The Labute approximate surface area is 173 Å². The highest BCUT2D eigenvalue weighted by Crippen LogP contribution is 2.39. The molecule has 1 fully saturated rings. The molecule has 0 unspecified atom stereocenters. The number of aromatic amines is 1. The molecule has 1 aromatic heterocycles. The van der Waals surface area contributed by atoms with Crippen LogP contribution in [0.15, 0.2) is 12.1 Å². The van der Waals surface area contributed by atoms with Gasteiger partial charge in [0.1, 0.15) is 17.2 Å². The van der Waals surface area contributed by atoms with Gasteiger partial charge < -0.3 is 20.0 Å². The zero-order chi connectivity index (χ0) is 20.7. The lowest BCUT2D eigenvalue weighted by Crippen LogP contribution is -2.45. The van der Waals surface area contributed by atoms with Crippen LogP contribution in [0.3, 0.4) is 0 Å². The van der Waals surface area contributed by atoms with Crippen LogP contribution in [0.1, 0.15) is 31.0 Å². The van der Waals surface area contributed by atoms with Crippen molar-refractivity contribution in [3.63, 3.8) is 0 Å². The predicted molar refractivity (Wildman–Crippen MR) is 106 cm³/mol. The second kappa shape index (κ2) is 7.59. The Bertz CT molecular complexity index is 966. The molecule has 2 aromatic rings. The molecular weight excluding hydrogens is 396 g/mol. The summed E-state index contributed by atoms with van der Waals surface area (Å²) < 4.78 is 0. The predicted octanol–water partition coefficient (Wildman–Crippen LogP) is 2.28. The standard InChI is InChI=1S/C20H23ClN4O4/c1-11(26)24-5-2-12(3-6-24)20(29)25-7-4-16-14(10-25)19(23-22-16)13-8-15(21)18(28)9-17(13)27/h8-9,12,27-28H,2-7,10H2,1H3,(H,22,23). The summed E-state index contributed by atoms with van der Waals surface area (Å²) in [6.45, 7) is 3.77. The molecule has 4 rings (SSSR count). The molecule has 3 heterocycles. The fourth-order valence-electron chi connectivity index (χ4n) is 4.15. The van der Waals surface area contributed by atoms with Crippen LogP contribution in [0.4, 0.5) is 0 Å². The normalized spacial score (nSPS) is 17.3. The average molecular weight is 419 g/mol. The Morgan fingerprint density at radius 3 is 2.55 bits per heavy atom. The molecular formula is C20H23ClN4O4. The van der Waals surface area contributed by atoms with Crippen molar-refractivity contribution in [3.8, 4) is 22.8 Å². The third-order valence-electron chi connectivity index (χ3n) is 5.85. The molecule has 1 saturated heterocycles. The number of phenols is 2. The maximum absolute atomic E-state index is 13.1. The highest BCUT2D eigenvalue weighted by Gasteiger charge is 2.33. The molecule has 0 spiro atoms. The summed E-state index contributed by atoms with van der Waals surface area (Å²) in [5.74, 6) is -0.265. The van der Waals surface area contributed by atoms with Gasteiger partial charge >= 0.3 is 0 Å². The molecule has 3 N–H and O–H groups in total. The highest BCUT2D eigenvalue weighted by molar-refractivity contribution is 6.32. The molecule has 2 aliphatic rings. The molecule has 0 bridgehead atoms. The van der Waals surface area contributed by atoms with E-state index in [1.54, 1.807) is 11.8 Å². The summed E-state index contributed by atoms with van der Waals surface area (Å²) in [4.78, 5) is 28.2. The van der Waals surface area contributed by atoms with Crippen molar-refractivity contribution < 1.29 is 19.8 Å². The topological polar surface area (TPSA) is 110 Å². The Balaban J connectivity index is 1.53. The van der Waals surface area contributed by atoms with Gasteiger partial charge in [-0.15, -0.1) is 0 Å². The minimum absolute atomic E-state index is 0.0499. The van der Waals surface area contributed by atoms with Gasteiger partial charge in [-0.05, 0) is 18.9 Å². The van der Waals surface area contributed by atoms with E-state index < -0.39 is 0 Å². The number of H-pyrrole nitrogens is 1. The van der Waals surface area contributed by atoms with E-state index in [4.69, 9.17) is 11.6 Å². The SMILES string of the molecule is CC(=O)N1CCC(C(=O)N2CCc3[nH]nc(-c4cc(Cl)c(O)cc4O)c3C2)CC1. The van der Waals surface area contributed by atoms with Crippen molar-refractivity contribution in [1.29, 1.82) is 0 Å². The second-order valence-electron chi connectivity index (χ2n) is 7.64. The molecule has 29 heavy (non-hydrogen) atoms. The molecule has 0 radical (unpaired) electrons. The van der Waals surface area contributed by atoms with Crippen LogP contribution in [-0.4, -0.2) is 61.7 Å². The van der Waals surface area contributed by atoms with Gasteiger partial charge in [-0.25, -0.2) is 0 Å². The molecule has 2 amide bonds. The number of likely N-dealkylation sites (tertiary alicyclic amines) is 1. The van der Waals surface area contributed by atoms with Crippen LogP contribution in [0.2, 0.25) is 5.02 Å². The number of fused-ring (bicyclic) bond motifs is 1. The Kier molecular flexibility index (Phi) is 5.12. The molecule has 154 valence electrons. The van der Waals surface area contributed by atoms with E-state index in [9.17, 15) is 19.8 Å². The van der Waals surface area contributed by atoms with Gasteiger partial charge in [-0.3, -0.25) is 14.7 Å². The number of phenolic OH excluding ortho intramolecular Hbond substituents is 2. The third kappa shape index (κ3) is 3.64. The number of piperidine rings is 1. The number of nitrogens with one attached hydrogen (secondary N) is 1. The highest BCUT2D eigenvalue weighted by atomic mass is 35.5. The van der Waals surface area contributed by atoms with Gasteiger partial charge in [0.15, 0.2) is 0 Å². The van der Waals surface area contributed by atoms with Crippen LogP contribution in [0.5, 0.6) is 11.5 Å². The maximum atomic E-state index is 13.1. The number of hydrogen-bond donors (Lipinski definition) is 3. The Morgan fingerprint density at radius 2 is 1.86 bits per heavy atom. The summed E-state index contributed by atoms with van der Waals surface area (Å²) in [5.41, 5.74) is 2.72. The first-order chi connectivity index (χ1) is 13.8. The van der Waals surface area contributed by atoms with Crippen molar-refractivity contribution in [2.45, 2.75) is 32.7 Å². The van der Waals surface area contributed by atoms with Crippen LogP contribution in [0.25, 0.3) is 11.3 Å². The van der Waals surface area contributed by atoms with E-state index in [2.05, 4.69) is 10.2 Å². The van der Waals surface area contributed by atoms with Crippen LogP contribution in [0, 0.1) is 5.92 Å². The number of amides is 2. The molecule has 2 aliphatic heterocycles. The third-order valence-corrected chi connectivity index (χ3v) is 6.16. The number of hydrogen-bond acceptors (Lipinski definition) is 5. The number of aromatic hydroxyl groups is 2. The minimum Gasteiger partial charge on any atom is -0.507 e. The largest absolute Gasteiger partial charge is 0.507 e. The zero-order valence-electron chi connectivity index (χ0n) is 16.1. The molecule has 9 heteroatoms.